The summed E-state index contributed by atoms with van der Waals surface area (Å²) in [4.78, 5) is 1.30. The van der Waals surface area contributed by atoms with Crippen molar-refractivity contribution in [3.63, 3.8) is 0 Å². The molecule has 0 spiro atoms. The van der Waals surface area contributed by atoms with E-state index < -0.39 is 10.0 Å². The first-order valence-corrected chi connectivity index (χ1v) is 9.15. The van der Waals surface area contributed by atoms with E-state index in [0.717, 1.165) is 23.4 Å². The first-order valence-electron chi connectivity index (χ1n) is 6.79. The van der Waals surface area contributed by atoms with Gasteiger partial charge in [-0.1, -0.05) is 6.92 Å². The first-order chi connectivity index (χ1) is 9.53. The molecule has 7 heteroatoms. The lowest BCUT2D eigenvalue weighted by molar-refractivity contribution is 0.196. The average molecular weight is 320 g/mol. The molecule has 116 valence electrons. The molecule has 1 heterocycles. The van der Waals surface area contributed by atoms with Gasteiger partial charge in [-0.25, -0.2) is 13.1 Å². The number of methoxy groups -OCH3 is 1. The molecule has 0 aliphatic carbocycles. The Morgan fingerprint density at radius 2 is 2.10 bits per heavy atom. The van der Waals surface area contributed by atoms with Gasteiger partial charge in [-0.05, 0) is 37.3 Å². The highest BCUT2D eigenvalue weighted by molar-refractivity contribution is 7.89. The third kappa shape index (κ3) is 5.14. The van der Waals surface area contributed by atoms with Crippen LogP contribution in [-0.2, 0) is 21.3 Å². The number of thiophene rings is 1. The Bertz CT molecular complexity index is 498. The van der Waals surface area contributed by atoms with E-state index in [1.54, 1.807) is 7.11 Å². The van der Waals surface area contributed by atoms with Crippen molar-refractivity contribution in [1.82, 2.24) is 10.0 Å². The standard InChI is InChI=1S/C13H24N2O3S2/c1-4-6-14-9-12-13(11(2)10-19-12)20(16,17)15-7-5-8-18-3/h10,14-15H,4-9H2,1-3H3. The smallest absolute Gasteiger partial charge is 0.241 e. The molecule has 0 amide bonds. The summed E-state index contributed by atoms with van der Waals surface area (Å²) in [5.41, 5.74) is 0.808. The lowest BCUT2D eigenvalue weighted by Gasteiger charge is -2.09. The number of sulfonamides is 1. The minimum Gasteiger partial charge on any atom is -0.385 e. The highest BCUT2D eigenvalue weighted by Crippen LogP contribution is 2.26. The van der Waals surface area contributed by atoms with E-state index >= 15 is 0 Å². The van der Waals surface area contributed by atoms with Gasteiger partial charge < -0.3 is 10.1 Å². The zero-order valence-electron chi connectivity index (χ0n) is 12.4. The van der Waals surface area contributed by atoms with Gasteiger partial charge in [0, 0.05) is 31.7 Å². The number of hydrogen-bond acceptors (Lipinski definition) is 5. The Kier molecular flexibility index (Phi) is 7.68. The van der Waals surface area contributed by atoms with Crippen LogP contribution in [0.4, 0.5) is 0 Å². The molecular formula is C13H24N2O3S2. The largest absolute Gasteiger partial charge is 0.385 e. The van der Waals surface area contributed by atoms with Crippen molar-refractivity contribution in [3.05, 3.63) is 15.8 Å². The molecule has 1 aromatic heterocycles. The maximum Gasteiger partial charge on any atom is 0.241 e. The van der Waals surface area contributed by atoms with Crippen LogP contribution >= 0.6 is 11.3 Å². The molecule has 2 N–H and O–H groups in total. The fourth-order valence-corrected chi connectivity index (χ4v) is 4.69. The van der Waals surface area contributed by atoms with Crippen molar-refractivity contribution in [2.24, 2.45) is 0 Å². The van der Waals surface area contributed by atoms with Crippen LogP contribution in [0.1, 0.15) is 30.2 Å². The van der Waals surface area contributed by atoms with Gasteiger partial charge in [0.1, 0.15) is 4.90 Å². The van der Waals surface area contributed by atoms with Crippen molar-refractivity contribution >= 4 is 21.4 Å². The summed E-state index contributed by atoms with van der Waals surface area (Å²) in [6, 6.07) is 0. The van der Waals surface area contributed by atoms with E-state index in [4.69, 9.17) is 4.74 Å². The maximum absolute atomic E-state index is 12.4. The highest BCUT2D eigenvalue weighted by Gasteiger charge is 2.22. The summed E-state index contributed by atoms with van der Waals surface area (Å²) in [5, 5.41) is 5.15. The van der Waals surface area contributed by atoms with E-state index in [-0.39, 0.29) is 0 Å². The van der Waals surface area contributed by atoms with E-state index in [2.05, 4.69) is 17.0 Å². The summed E-state index contributed by atoms with van der Waals surface area (Å²) in [5.74, 6) is 0. The van der Waals surface area contributed by atoms with Crippen molar-refractivity contribution < 1.29 is 13.2 Å². The van der Waals surface area contributed by atoms with Crippen molar-refractivity contribution in [2.45, 2.75) is 38.1 Å². The van der Waals surface area contributed by atoms with Gasteiger partial charge >= 0.3 is 0 Å². The molecule has 0 saturated carbocycles. The molecule has 0 aliphatic rings. The lowest BCUT2D eigenvalue weighted by Crippen LogP contribution is -2.27. The zero-order valence-corrected chi connectivity index (χ0v) is 14.0. The Hall–Kier alpha value is -0.470. The Labute approximate surface area is 125 Å². The van der Waals surface area contributed by atoms with Crippen LogP contribution in [0, 0.1) is 6.92 Å². The molecule has 20 heavy (non-hydrogen) atoms. The lowest BCUT2D eigenvalue weighted by atomic mass is 10.3. The third-order valence-corrected chi connectivity index (χ3v) is 5.71. The Balaban J connectivity index is 2.74. The number of nitrogens with one attached hydrogen (secondary N) is 2. The van der Waals surface area contributed by atoms with E-state index in [1.807, 2.05) is 12.3 Å². The number of aryl methyl sites for hydroxylation is 1. The number of rotatable bonds is 10. The fraction of sp³-hybridized carbons (Fsp3) is 0.692. The molecule has 0 unspecified atom stereocenters. The van der Waals surface area contributed by atoms with Crippen molar-refractivity contribution in [3.8, 4) is 0 Å². The van der Waals surface area contributed by atoms with Crippen LogP contribution in [0.25, 0.3) is 0 Å². The third-order valence-electron chi connectivity index (χ3n) is 2.79. The zero-order chi connectivity index (χ0) is 15.0. The highest BCUT2D eigenvalue weighted by atomic mass is 32.2. The molecule has 0 saturated heterocycles. The van der Waals surface area contributed by atoms with Crippen LogP contribution in [0.2, 0.25) is 0 Å². The molecule has 0 radical (unpaired) electrons. The van der Waals surface area contributed by atoms with Crippen LogP contribution in [0.5, 0.6) is 0 Å². The summed E-state index contributed by atoms with van der Waals surface area (Å²) in [6.45, 7) is 6.35. The van der Waals surface area contributed by atoms with Gasteiger partial charge in [0.2, 0.25) is 10.0 Å². The van der Waals surface area contributed by atoms with Gasteiger partial charge in [0.15, 0.2) is 0 Å². The Morgan fingerprint density at radius 1 is 1.35 bits per heavy atom. The molecule has 1 aromatic rings. The van der Waals surface area contributed by atoms with Gasteiger partial charge in [-0.15, -0.1) is 11.3 Å². The van der Waals surface area contributed by atoms with E-state index in [0.29, 0.717) is 31.0 Å². The Morgan fingerprint density at radius 3 is 2.75 bits per heavy atom. The van der Waals surface area contributed by atoms with Gasteiger partial charge in [0.25, 0.3) is 0 Å². The first kappa shape index (κ1) is 17.6. The molecular weight excluding hydrogens is 296 g/mol. The van der Waals surface area contributed by atoms with Gasteiger partial charge in [0.05, 0.1) is 0 Å². The molecule has 0 bridgehead atoms. The summed E-state index contributed by atoms with van der Waals surface area (Å²) < 4.78 is 32.3. The van der Waals surface area contributed by atoms with Crippen molar-refractivity contribution in [1.29, 1.82) is 0 Å². The number of hydrogen-bond donors (Lipinski definition) is 2. The second kappa shape index (κ2) is 8.74. The quantitative estimate of drug-likeness (QED) is 0.646. The maximum atomic E-state index is 12.4. The predicted octanol–water partition coefficient (Wildman–Crippen LogP) is 1.87. The molecule has 1 rings (SSSR count). The van der Waals surface area contributed by atoms with Gasteiger partial charge in [-0.2, -0.15) is 0 Å². The minimum absolute atomic E-state index is 0.396. The summed E-state index contributed by atoms with van der Waals surface area (Å²) >= 11 is 1.49. The van der Waals surface area contributed by atoms with Crippen LogP contribution < -0.4 is 10.0 Å². The van der Waals surface area contributed by atoms with Gasteiger partial charge in [-0.3, -0.25) is 0 Å². The van der Waals surface area contributed by atoms with Crippen LogP contribution in [-0.4, -0.2) is 35.2 Å². The van der Waals surface area contributed by atoms with Crippen LogP contribution in [0.15, 0.2) is 10.3 Å². The summed E-state index contributed by atoms with van der Waals surface area (Å²) in [6.07, 6.45) is 1.70. The van der Waals surface area contributed by atoms with Crippen LogP contribution in [0.3, 0.4) is 0 Å². The number of ether oxygens (including phenoxy) is 1. The molecule has 5 nitrogen and oxygen atoms in total. The second-order valence-corrected chi connectivity index (χ2v) is 7.26. The minimum atomic E-state index is -3.43. The predicted molar refractivity (Wildman–Crippen MR) is 82.7 cm³/mol. The topological polar surface area (TPSA) is 67.4 Å². The van der Waals surface area contributed by atoms with Crippen molar-refractivity contribution in [2.75, 3.05) is 26.8 Å². The monoisotopic (exact) mass is 320 g/mol. The molecule has 0 fully saturated rings. The summed E-state index contributed by atoms with van der Waals surface area (Å²) in [7, 11) is -1.82. The SMILES string of the molecule is CCCNCc1scc(C)c1S(=O)(=O)NCCCOC. The molecule has 0 aromatic carbocycles. The van der Waals surface area contributed by atoms with E-state index in [9.17, 15) is 8.42 Å². The normalized spacial score (nSPS) is 11.9. The van der Waals surface area contributed by atoms with E-state index in [1.165, 1.54) is 11.3 Å². The fourth-order valence-electron chi connectivity index (χ4n) is 1.84. The second-order valence-electron chi connectivity index (χ2n) is 4.59. The molecule has 0 atom stereocenters. The average Bonchev–Trinajstić information content (AvgIpc) is 2.77. The molecule has 0 aliphatic heterocycles.